The maximum absolute atomic E-state index is 12.1. The van der Waals surface area contributed by atoms with E-state index in [1.165, 1.54) is 23.1 Å². The molecule has 1 amide bonds. The van der Waals surface area contributed by atoms with Crippen LogP contribution in [0.2, 0.25) is 0 Å². The number of rotatable bonds is 7. The lowest BCUT2D eigenvalue weighted by atomic mass is 10.3. The summed E-state index contributed by atoms with van der Waals surface area (Å²) in [5, 5.41) is 14.9. The molecule has 1 heterocycles. The number of halogens is 1. The maximum atomic E-state index is 12.1. The Hall–Kier alpha value is -2.10. The molecule has 0 spiro atoms. The predicted molar refractivity (Wildman–Crippen MR) is 110 cm³/mol. The third-order valence-corrected chi connectivity index (χ3v) is 5.66. The highest BCUT2D eigenvalue weighted by molar-refractivity contribution is 9.10. The van der Waals surface area contributed by atoms with Crippen molar-refractivity contribution >= 4 is 61.4 Å². The first-order valence-corrected chi connectivity index (χ1v) is 10.2. The molecule has 0 fully saturated rings. The van der Waals surface area contributed by atoms with Crippen molar-refractivity contribution in [3.05, 3.63) is 53.0 Å². The molecular weight excluding hydrogens is 436 g/mol. The summed E-state index contributed by atoms with van der Waals surface area (Å²) < 4.78 is 6.93. The lowest BCUT2D eigenvalue weighted by Crippen LogP contribution is -2.13. The van der Waals surface area contributed by atoms with Gasteiger partial charge in [0.2, 0.25) is 11.0 Å². The van der Waals surface area contributed by atoms with E-state index in [-0.39, 0.29) is 11.7 Å². The third kappa shape index (κ3) is 5.20. The number of ether oxygens (including phenoxy) is 1. The maximum Gasteiger partial charge on any atom is 0.234 e. The summed E-state index contributed by atoms with van der Waals surface area (Å²) in [5.41, 5.74) is 1.57. The lowest BCUT2D eigenvalue weighted by molar-refractivity contribution is -0.113. The van der Waals surface area contributed by atoms with Gasteiger partial charge in [-0.2, -0.15) is 0 Å². The smallest absolute Gasteiger partial charge is 0.234 e. The van der Waals surface area contributed by atoms with E-state index >= 15 is 0 Å². The number of benzene rings is 2. The number of carbonyl (C=O) groups is 1. The van der Waals surface area contributed by atoms with Gasteiger partial charge in [-0.25, -0.2) is 0 Å². The van der Waals surface area contributed by atoms with E-state index in [0.717, 1.165) is 21.6 Å². The number of carbonyl (C=O) groups excluding carboxylic acids is 1. The highest BCUT2D eigenvalue weighted by atomic mass is 79.9. The molecule has 2 N–H and O–H groups in total. The van der Waals surface area contributed by atoms with Gasteiger partial charge in [0.05, 0.1) is 18.6 Å². The Morgan fingerprint density at radius 3 is 2.88 bits per heavy atom. The number of nitrogens with zero attached hydrogens (tertiary/aromatic N) is 2. The second-order valence-electron chi connectivity index (χ2n) is 5.05. The molecule has 0 saturated carbocycles. The van der Waals surface area contributed by atoms with Gasteiger partial charge in [0.15, 0.2) is 4.34 Å². The van der Waals surface area contributed by atoms with Crippen LogP contribution < -0.4 is 15.4 Å². The summed E-state index contributed by atoms with van der Waals surface area (Å²) in [6.45, 7) is 0. The molecule has 3 rings (SSSR count). The highest BCUT2D eigenvalue weighted by Crippen LogP contribution is 2.31. The first-order valence-electron chi connectivity index (χ1n) is 7.56. The van der Waals surface area contributed by atoms with Gasteiger partial charge in [0.1, 0.15) is 5.75 Å². The summed E-state index contributed by atoms with van der Waals surface area (Å²) in [6.07, 6.45) is 0. The number of nitrogens with one attached hydrogen (secondary N) is 2. The molecule has 134 valence electrons. The molecule has 0 radical (unpaired) electrons. The van der Waals surface area contributed by atoms with Crippen molar-refractivity contribution in [2.75, 3.05) is 23.5 Å². The fourth-order valence-corrected chi connectivity index (χ4v) is 4.04. The Labute approximate surface area is 167 Å². The highest BCUT2D eigenvalue weighted by Gasteiger charge is 2.10. The number of amides is 1. The Morgan fingerprint density at radius 1 is 1.23 bits per heavy atom. The lowest BCUT2D eigenvalue weighted by Gasteiger charge is -2.07. The van der Waals surface area contributed by atoms with Crippen LogP contribution in [0.4, 0.5) is 16.5 Å². The molecular formula is C17H15BrN4O2S2. The Balaban J connectivity index is 1.54. The van der Waals surface area contributed by atoms with Crippen LogP contribution in [0.5, 0.6) is 5.75 Å². The minimum absolute atomic E-state index is 0.0949. The molecule has 0 aliphatic carbocycles. The molecule has 9 heteroatoms. The number of hydrogen-bond donors (Lipinski definition) is 2. The van der Waals surface area contributed by atoms with Crippen LogP contribution >= 0.6 is 39.0 Å². The molecule has 2 aromatic carbocycles. The number of para-hydroxylation sites is 2. The Bertz CT molecular complexity index is 904. The summed E-state index contributed by atoms with van der Waals surface area (Å²) in [7, 11) is 1.62. The van der Waals surface area contributed by atoms with Crippen LogP contribution in [0.1, 0.15) is 0 Å². The number of anilines is 3. The molecule has 6 nitrogen and oxygen atoms in total. The van der Waals surface area contributed by atoms with E-state index in [0.29, 0.717) is 9.47 Å². The molecule has 0 saturated heterocycles. The van der Waals surface area contributed by atoms with Gasteiger partial charge in [-0.05, 0) is 30.3 Å². The van der Waals surface area contributed by atoms with Crippen molar-refractivity contribution in [1.29, 1.82) is 0 Å². The van der Waals surface area contributed by atoms with Crippen LogP contribution in [0, 0.1) is 0 Å². The molecule has 0 unspecified atom stereocenters. The van der Waals surface area contributed by atoms with E-state index in [2.05, 4.69) is 36.8 Å². The van der Waals surface area contributed by atoms with E-state index < -0.39 is 0 Å². The Kier molecular flexibility index (Phi) is 6.48. The van der Waals surface area contributed by atoms with Gasteiger partial charge < -0.3 is 15.4 Å². The van der Waals surface area contributed by atoms with Crippen LogP contribution in [-0.2, 0) is 4.79 Å². The van der Waals surface area contributed by atoms with Crippen molar-refractivity contribution in [3.63, 3.8) is 0 Å². The normalized spacial score (nSPS) is 10.4. The summed E-state index contributed by atoms with van der Waals surface area (Å²) >= 11 is 6.11. The van der Waals surface area contributed by atoms with E-state index in [4.69, 9.17) is 4.74 Å². The zero-order valence-corrected chi connectivity index (χ0v) is 17.0. The average Bonchev–Trinajstić information content (AvgIpc) is 3.08. The largest absolute Gasteiger partial charge is 0.495 e. The van der Waals surface area contributed by atoms with Crippen LogP contribution in [0.15, 0.2) is 57.3 Å². The topological polar surface area (TPSA) is 76.1 Å². The SMILES string of the molecule is COc1ccccc1Nc1nnc(SCC(=O)Nc2cccc(Br)c2)s1. The Morgan fingerprint density at radius 2 is 2.08 bits per heavy atom. The van der Waals surface area contributed by atoms with Gasteiger partial charge in [-0.15, -0.1) is 10.2 Å². The van der Waals surface area contributed by atoms with Crippen molar-refractivity contribution in [2.45, 2.75) is 4.34 Å². The average molecular weight is 451 g/mol. The summed E-state index contributed by atoms with van der Waals surface area (Å²) in [5.74, 6) is 0.892. The zero-order valence-electron chi connectivity index (χ0n) is 13.7. The van der Waals surface area contributed by atoms with Crippen molar-refractivity contribution in [2.24, 2.45) is 0 Å². The van der Waals surface area contributed by atoms with Gasteiger partial charge >= 0.3 is 0 Å². The van der Waals surface area contributed by atoms with Gasteiger partial charge in [0.25, 0.3) is 0 Å². The van der Waals surface area contributed by atoms with E-state index in [1.54, 1.807) is 7.11 Å². The second kappa shape index (κ2) is 9.02. The summed E-state index contributed by atoms with van der Waals surface area (Å²) in [6, 6.07) is 15.0. The zero-order chi connectivity index (χ0) is 18.4. The fraction of sp³-hybridized carbons (Fsp3) is 0.118. The molecule has 0 aliphatic rings. The molecule has 3 aromatic rings. The van der Waals surface area contributed by atoms with Crippen LogP contribution in [-0.4, -0.2) is 29.0 Å². The minimum Gasteiger partial charge on any atom is -0.495 e. The van der Waals surface area contributed by atoms with E-state index in [1.807, 2.05) is 48.5 Å². The number of methoxy groups -OCH3 is 1. The van der Waals surface area contributed by atoms with Gasteiger partial charge in [-0.3, -0.25) is 4.79 Å². The molecule has 1 aromatic heterocycles. The number of hydrogen-bond acceptors (Lipinski definition) is 7. The first kappa shape index (κ1) is 18.7. The number of aromatic nitrogens is 2. The first-order chi connectivity index (χ1) is 12.6. The third-order valence-electron chi connectivity index (χ3n) is 3.19. The second-order valence-corrected chi connectivity index (χ2v) is 8.16. The van der Waals surface area contributed by atoms with Crippen LogP contribution in [0.25, 0.3) is 0 Å². The van der Waals surface area contributed by atoms with E-state index in [9.17, 15) is 4.79 Å². The standard InChI is InChI=1S/C17H15BrN4O2S2/c1-24-14-8-3-2-7-13(14)20-16-21-22-17(26-16)25-10-15(23)19-12-6-4-5-11(18)9-12/h2-9H,10H2,1H3,(H,19,23)(H,20,21). The molecule has 0 aliphatic heterocycles. The van der Waals surface area contributed by atoms with Gasteiger partial charge in [0, 0.05) is 10.2 Å². The van der Waals surface area contributed by atoms with Crippen molar-refractivity contribution in [3.8, 4) is 5.75 Å². The monoisotopic (exact) mass is 450 g/mol. The minimum atomic E-state index is -0.0949. The van der Waals surface area contributed by atoms with Crippen molar-refractivity contribution in [1.82, 2.24) is 10.2 Å². The van der Waals surface area contributed by atoms with Gasteiger partial charge in [-0.1, -0.05) is 57.2 Å². The molecule has 26 heavy (non-hydrogen) atoms. The molecule has 0 bridgehead atoms. The fourth-order valence-electron chi connectivity index (χ4n) is 2.07. The van der Waals surface area contributed by atoms with Crippen LogP contribution in [0.3, 0.4) is 0 Å². The predicted octanol–water partition coefficient (Wildman–Crippen LogP) is 4.78. The van der Waals surface area contributed by atoms with Crippen molar-refractivity contribution < 1.29 is 9.53 Å². The molecule has 0 atom stereocenters. The quantitative estimate of drug-likeness (QED) is 0.504. The number of thioether (sulfide) groups is 1. The summed E-state index contributed by atoms with van der Waals surface area (Å²) in [4.78, 5) is 12.1.